The molecule has 39 heavy (non-hydrogen) atoms. The zero-order valence-corrected chi connectivity index (χ0v) is 23.1. The highest BCUT2D eigenvalue weighted by molar-refractivity contribution is 5.81. The lowest BCUT2D eigenvalue weighted by molar-refractivity contribution is 0.122. The van der Waals surface area contributed by atoms with Crippen molar-refractivity contribution in [2.45, 2.75) is 32.7 Å². The lowest BCUT2D eigenvalue weighted by Gasteiger charge is -2.35. The quantitative estimate of drug-likeness (QED) is 0.368. The maximum absolute atomic E-state index is 12.1. The highest BCUT2D eigenvalue weighted by Gasteiger charge is 2.21. The van der Waals surface area contributed by atoms with Crippen molar-refractivity contribution in [1.82, 2.24) is 44.6 Å². The molecule has 1 aliphatic rings. The van der Waals surface area contributed by atoms with Gasteiger partial charge in [0.1, 0.15) is 5.82 Å². The van der Waals surface area contributed by atoms with Crippen LogP contribution in [0.15, 0.2) is 49.1 Å². The van der Waals surface area contributed by atoms with E-state index >= 15 is 0 Å². The number of hydrogen-bond donors (Lipinski definition) is 1. The van der Waals surface area contributed by atoms with Crippen LogP contribution in [0.3, 0.4) is 0 Å². The number of aromatic nitrogens is 6. The van der Waals surface area contributed by atoms with Crippen LogP contribution in [0.25, 0.3) is 22.2 Å². The minimum atomic E-state index is 0.0929. The van der Waals surface area contributed by atoms with Crippen LogP contribution in [0.5, 0.6) is 0 Å². The Balaban J connectivity index is 1.18. The number of fused-ring (bicyclic) bond motifs is 1. The SMILES string of the molecule is CC(C)c1cnnc(Nc2ccc3ncc(-c4cnn(CCCN5CCN(C(=O)N(C)C)CC5)c4)cc3n2)c1. The summed E-state index contributed by atoms with van der Waals surface area (Å²) in [6, 6.07) is 7.98. The normalized spacial score (nSPS) is 14.2. The van der Waals surface area contributed by atoms with Crippen LogP contribution in [0.4, 0.5) is 16.4 Å². The predicted octanol–water partition coefficient (Wildman–Crippen LogP) is 3.84. The topological polar surface area (TPSA) is 108 Å². The predicted molar refractivity (Wildman–Crippen MR) is 152 cm³/mol. The Morgan fingerprint density at radius 2 is 1.79 bits per heavy atom. The van der Waals surface area contributed by atoms with E-state index in [0.717, 1.165) is 73.4 Å². The van der Waals surface area contributed by atoms with Crippen LogP contribution in [0, 0.1) is 0 Å². The molecular formula is C28H36N10O. The molecule has 2 amide bonds. The van der Waals surface area contributed by atoms with Gasteiger partial charge in [-0.2, -0.15) is 10.2 Å². The first-order valence-corrected chi connectivity index (χ1v) is 13.4. The number of carbonyl (C=O) groups excluding carboxylic acids is 1. The van der Waals surface area contributed by atoms with Gasteiger partial charge in [0, 0.05) is 76.9 Å². The molecule has 0 aromatic carbocycles. The molecule has 1 saturated heterocycles. The van der Waals surface area contributed by atoms with Gasteiger partial charge in [-0.15, -0.1) is 5.10 Å². The number of nitrogens with one attached hydrogen (secondary N) is 1. The monoisotopic (exact) mass is 528 g/mol. The van der Waals surface area contributed by atoms with Crippen LogP contribution < -0.4 is 5.32 Å². The van der Waals surface area contributed by atoms with E-state index in [0.29, 0.717) is 17.6 Å². The minimum absolute atomic E-state index is 0.0929. The average molecular weight is 529 g/mol. The lowest BCUT2D eigenvalue weighted by Crippen LogP contribution is -2.51. The number of rotatable bonds is 8. The Hall–Kier alpha value is -4.12. The smallest absolute Gasteiger partial charge is 0.319 e. The molecule has 0 atom stereocenters. The van der Waals surface area contributed by atoms with E-state index in [-0.39, 0.29) is 6.03 Å². The van der Waals surface area contributed by atoms with E-state index < -0.39 is 0 Å². The molecular weight excluding hydrogens is 492 g/mol. The van der Waals surface area contributed by atoms with Crippen molar-refractivity contribution >= 4 is 28.7 Å². The zero-order chi connectivity index (χ0) is 27.4. The fourth-order valence-electron chi connectivity index (χ4n) is 4.66. The van der Waals surface area contributed by atoms with Crippen molar-refractivity contribution in [3.63, 3.8) is 0 Å². The highest BCUT2D eigenvalue weighted by Crippen LogP contribution is 2.24. The second-order valence-electron chi connectivity index (χ2n) is 10.5. The van der Waals surface area contributed by atoms with E-state index in [1.807, 2.05) is 46.2 Å². The van der Waals surface area contributed by atoms with Crippen LogP contribution in [-0.2, 0) is 6.54 Å². The molecule has 1 aliphatic heterocycles. The van der Waals surface area contributed by atoms with Gasteiger partial charge in [0.15, 0.2) is 5.82 Å². The standard InChI is InChI=1S/C28H36N10O/c1-20(2)21-15-27(34-30-17-21)33-26-7-6-24-25(32-26)14-22(16-29-24)23-18-31-38(19-23)9-5-8-36-10-12-37(13-11-36)28(39)35(3)4/h6-7,14-20H,5,8-13H2,1-4H3,(H,32,33,34). The summed E-state index contributed by atoms with van der Waals surface area (Å²) in [6.45, 7) is 9.45. The van der Waals surface area contributed by atoms with Crippen molar-refractivity contribution in [3.8, 4) is 11.1 Å². The number of nitrogens with zero attached hydrogens (tertiary/aromatic N) is 9. The summed E-state index contributed by atoms with van der Waals surface area (Å²) in [6.07, 6.45) is 8.59. The fourth-order valence-corrected chi connectivity index (χ4v) is 4.66. The maximum Gasteiger partial charge on any atom is 0.319 e. The molecule has 5 rings (SSSR count). The van der Waals surface area contributed by atoms with Gasteiger partial charge in [-0.3, -0.25) is 14.6 Å². The third-order valence-electron chi connectivity index (χ3n) is 6.99. The van der Waals surface area contributed by atoms with Crippen molar-refractivity contribution in [2.24, 2.45) is 0 Å². The van der Waals surface area contributed by atoms with Gasteiger partial charge in [-0.25, -0.2) is 9.78 Å². The van der Waals surface area contributed by atoms with Gasteiger partial charge >= 0.3 is 6.03 Å². The van der Waals surface area contributed by atoms with Crippen molar-refractivity contribution < 1.29 is 4.79 Å². The minimum Gasteiger partial charge on any atom is -0.331 e. The molecule has 0 radical (unpaired) electrons. The van der Waals surface area contributed by atoms with Crippen LogP contribution in [0.2, 0.25) is 0 Å². The summed E-state index contributed by atoms with van der Waals surface area (Å²) in [5.41, 5.74) is 4.72. The summed E-state index contributed by atoms with van der Waals surface area (Å²) in [5.74, 6) is 1.73. The van der Waals surface area contributed by atoms with E-state index in [9.17, 15) is 4.79 Å². The van der Waals surface area contributed by atoms with E-state index in [1.54, 1.807) is 25.2 Å². The summed E-state index contributed by atoms with van der Waals surface area (Å²) in [5, 5.41) is 16.1. The lowest BCUT2D eigenvalue weighted by atomic mass is 10.1. The van der Waals surface area contributed by atoms with Crippen LogP contribution in [-0.4, -0.2) is 97.5 Å². The van der Waals surface area contributed by atoms with E-state index in [2.05, 4.69) is 50.5 Å². The summed E-state index contributed by atoms with van der Waals surface area (Å²) >= 11 is 0. The van der Waals surface area contributed by atoms with Crippen molar-refractivity contribution in [3.05, 3.63) is 54.6 Å². The Morgan fingerprint density at radius 3 is 2.56 bits per heavy atom. The Bertz CT molecular complexity index is 1420. The second kappa shape index (κ2) is 11.7. The zero-order valence-electron chi connectivity index (χ0n) is 23.1. The number of aryl methyl sites for hydroxylation is 1. The number of hydrogen-bond acceptors (Lipinski definition) is 8. The first-order valence-electron chi connectivity index (χ1n) is 13.4. The third kappa shape index (κ3) is 6.48. The third-order valence-corrected chi connectivity index (χ3v) is 6.99. The summed E-state index contributed by atoms with van der Waals surface area (Å²) in [7, 11) is 3.60. The van der Waals surface area contributed by atoms with Gasteiger partial charge in [-0.1, -0.05) is 13.8 Å². The molecule has 4 aromatic heterocycles. The van der Waals surface area contributed by atoms with Crippen LogP contribution in [0.1, 0.15) is 31.7 Å². The molecule has 204 valence electrons. The average Bonchev–Trinajstić information content (AvgIpc) is 3.42. The van der Waals surface area contributed by atoms with E-state index in [1.165, 1.54) is 0 Å². The maximum atomic E-state index is 12.1. The highest BCUT2D eigenvalue weighted by atomic mass is 16.2. The molecule has 0 saturated carbocycles. The van der Waals surface area contributed by atoms with Gasteiger partial charge in [-0.05, 0) is 42.2 Å². The molecule has 1 fully saturated rings. The van der Waals surface area contributed by atoms with Crippen molar-refractivity contribution in [1.29, 1.82) is 0 Å². The molecule has 5 heterocycles. The fraction of sp³-hybridized carbons (Fsp3) is 0.429. The number of carbonyl (C=O) groups is 1. The number of amides is 2. The van der Waals surface area contributed by atoms with Gasteiger partial charge < -0.3 is 15.1 Å². The molecule has 4 aromatic rings. The largest absolute Gasteiger partial charge is 0.331 e. The molecule has 0 unspecified atom stereocenters. The Morgan fingerprint density at radius 1 is 0.974 bits per heavy atom. The van der Waals surface area contributed by atoms with Gasteiger partial charge in [0.05, 0.1) is 23.4 Å². The second-order valence-corrected chi connectivity index (χ2v) is 10.5. The first kappa shape index (κ1) is 26.5. The number of urea groups is 1. The molecule has 0 aliphatic carbocycles. The molecule has 0 bridgehead atoms. The van der Waals surface area contributed by atoms with Gasteiger partial charge in [0.25, 0.3) is 0 Å². The van der Waals surface area contributed by atoms with Crippen LogP contribution >= 0.6 is 0 Å². The summed E-state index contributed by atoms with van der Waals surface area (Å²) < 4.78 is 1.98. The number of piperazine rings is 1. The first-order chi connectivity index (χ1) is 18.9. The molecule has 11 nitrogen and oxygen atoms in total. The summed E-state index contributed by atoms with van der Waals surface area (Å²) in [4.78, 5) is 27.5. The number of pyridine rings is 2. The molecule has 1 N–H and O–H groups in total. The Labute approximate surface area is 228 Å². The van der Waals surface area contributed by atoms with Crippen molar-refractivity contribution in [2.75, 3.05) is 52.1 Å². The molecule has 0 spiro atoms. The molecule has 11 heteroatoms. The van der Waals surface area contributed by atoms with E-state index in [4.69, 9.17) is 4.98 Å². The number of anilines is 2. The Kier molecular flexibility index (Phi) is 7.97. The van der Waals surface area contributed by atoms with Gasteiger partial charge in [0.2, 0.25) is 0 Å².